The fourth-order valence-electron chi connectivity index (χ4n) is 4.29. The Labute approximate surface area is 184 Å². The number of ether oxygens (including phenoxy) is 1. The summed E-state index contributed by atoms with van der Waals surface area (Å²) in [6, 6.07) is 9.39. The Bertz CT molecular complexity index is 1140. The third kappa shape index (κ3) is 3.62. The van der Waals surface area contributed by atoms with Crippen molar-refractivity contribution in [1.82, 2.24) is 4.98 Å². The van der Waals surface area contributed by atoms with Crippen LogP contribution in [0.1, 0.15) is 37.7 Å². The van der Waals surface area contributed by atoms with Gasteiger partial charge in [0.05, 0.1) is 23.0 Å². The molecular weight excluding hydrogens is 412 g/mol. The first kappa shape index (κ1) is 21.2. The zero-order valence-corrected chi connectivity index (χ0v) is 17.5. The number of nitro groups is 1. The van der Waals surface area contributed by atoms with Gasteiger partial charge in [0, 0.05) is 47.9 Å². The summed E-state index contributed by atoms with van der Waals surface area (Å²) < 4.78 is 5.31. The summed E-state index contributed by atoms with van der Waals surface area (Å²) in [5.41, 5.74) is 9.04. The zero-order chi connectivity index (χ0) is 22.8. The number of Topliss-reactive ketones (excluding diaryl/α,β-unsaturated/α-hetero) is 1. The van der Waals surface area contributed by atoms with E-state index >= 15 is 0 Å². The van der Waals surface area contributed by atoms with Crippen molar-refractivity contribution in [1.29, 1.82) is 0 Å². The first-order valence-corrected chi connectivity index (χ1v) is 10.3. The highest BCUT2D eigenvalue weighted by Gasteiger charge is 2.43. The second kappa shape index (κ2) is 8.62. The summed E-state index contributed by atoms with van der Waals surface area (Å²) >= 11 is 0. The quantitative estimate of drug-likeness (QED) is 0.431. The molecule has 2 N–H and O–H groups in total. The maximum atomic E-state index is 13.2. The lowest BCUT2D eigenvalue weighted by Gasteiger charge is -2.40. The van der Waals surface area contributed by atoms with Gasteiger partial charge in [-0.2, -0.15) is 0 Å². The third-order valence-corrected chi connectivity index (χ3v) is 5.62. The summed E-state index contributed by atoms with van der Waals surface area (Å²) in [4.78, 5) is 42.6. The number of carbonyl (C=O) groups excluding carboxylic acids is 2. The van der Waals surface area contributed by atoms with Crippen molar-refractivity contribution in [3.8, 4) is 0 Å². The normalized spacial score (nSPS) is 18.5. The number of nitrogens with zero attached hydrogens (tertiary/aromatic N) is 3. The smallest absolute Gasteiger partial charge is 0.338 e. The molecule has 0 fully saturated rings. The van der Waals surface area contributed by atoms with E-state index in [4.69, 9.17) is 10.5 Å². The highest BCUT2D eigenvalue weighted by molar-refractivity contribution is 6.05. The Morgan fingerprint density at radius 2 is 2.03 bits per heavy atom. The lowest BCUT2D eigenvalue weighted by Crippen LogP contribution is -2.41. The number of rotatable bonds is 5. The van der Waals surface area contributed by atoms with Crippen LogP contribution in [0.2, 0.25) is 0 Å². The minimum atomic E-state index is -0.695. The van der Waals surface area contributed by atoms with Gasteiger partial charge in [-0.3, -0.25) is 24.8 Å². The fourth-order valence-corrected chi connectivity index (χ4v) is 4.29. The number of ketones is 1. The second-order valence-corrected chi connectivity index (χ2v) is 7.48. The molecule has 4 rings (SSSR count). The van der Waals surface area contributed by atoms with Gasteiger partial charge < -0.3 is 10.5 Å². The molecule has 2 heterocycles. The molecule has 32 heavy (non-hydrogen) atoms. The molecule has 0 unspecified atom stereocenters. The molecular formula is C23H22N4O5. The monoisotopic (exact) mass is 434 g/mol. The molecule has 9 heteroatoms. The van der Waals surface area contributed by atoms with Gasteiger partial charge in [-0.05, 0) is 43.5 Å². The van der Waals surface area contributed by atoms with Gasteiger partial charge in [0.2, 0.25) is 0 Å². The SMILES string of the molecule is CCOC(=O)C1=C(N)N(c2ccc([N+](=O)[O-])cc2)C2=C(C(=O)CCC2)[C@@H]1c1cccnc1. The molecule has 2 aliphatic rings. The van der Waals surface area contributed by atoms with Crippen LogP contribution in [-0.2, 0) is 14.3 Å². The fraction of sp³-hybridized carbons (Fsp3) is 0.261. The Kier molecular flexibility index (Phi) is 5.72. The van der Waals surface area contributed by atoms with Crippen LogP contribution >= 0.6 is 0 Å². The molecule has 1 aromatic carbocycles. The van der Waals surface area contributed by atoms with Crippen LogP contribution in [0.25, 0.3) is 0 Å². The predicted octanol–water partition coefficient (Wildman–Crippen LogP) is 3.33. The number of allylic oxidation sites excluding steroid dienone is 2. The van der Waals surface area contributed by atoms with E-state index in [1.54, 1.807) is 48.5 Å². The predicted molar refractivity (Wildman–Crippen MR) is 116 cm³/mol. The van der Waals surface area contributed by atoms with Crippen LogP contribution in [0.5, 0.6) is 0 Å². The minimum absolute atomic E-state index is 0.0682. The Morgan fingerprint density at radius 1 is 1.28 bits per heavy atom. The molecule has 1 aliphatic heterocycles. The van der Waals surface area contributed by atoms with Crippen molar-refractivity contribution >= 4 is 23.1 Å². The number of nitro benzene ring substituents is 1. The molecule has 0 radical (unpaired) electrons. The van der Waals surface area contributed by atoms with E-state index in [0.29, 0.717) is 41.8 Å². The Hall–Kier alpha value is -4.01. The van der Waals surface area contributed by atoms with Crippen molar-refractivity contribution in [2.75, 3.05) is 11.5 Å². The summed E-state index contributed by atoms with van der Waals surface area (Å²) in [7, 11) is 0. The highest BCUT2D eigenvalue weighted by atomic mass is 16.6. The summed E-state index contributed by atoms with van der Waals surface area (Å²) in [6.45, 7) is 1.84. The molecule has 0 saturated carbocycles. The van der Waals surface area contributed by atoms with Crippen molar-refractivity contribution < 1.29 is 19.2 Å². The molecule has 164 valence electrons. The number of aromatic nitrogens is 1. The van der Waals surface area contributed by atoms with E-state index in [0.717, 1.165) is 0 Å². The van der Waals surface area contributed by atoms with Gasteiger partial charge in [0.25, 0.3) is 5.69 Å². The standard InChI is InChI=1S/C23H22N4O5/c1-2-32-23(29)21-19(14-5-4-12-25-13-14)20-17(6-3-7-18(20)28)26(22(21)24)15-8-10-16(11-9-15)27(30)31/h4-5,8-13,19H,2-3,6-7,24H2,1H3/t19-/m0/s1. The van der Waals surface area contributed by atoms with Gasteiger partial charge in [-0.25, -0.2) is 4.79 Å². The molecule has 0 bridgehead atoms. The number of benzene rings is 1. The number of esters is 1. The first-order valence-electron chi connectivity index (χ1n) is 10.3. The lowest BCUT2D eigenvalue weighted by molar-refractivity contribution is -0.384. The van der Waals surface area contributed by atoms with Crippen molar-refractivity contribution in [2.24, 2.45) is 5.73 Å². The zero-order valence-electron chi connectivity index (χ0n) is 17.5. The lowest BCUT2D eigenvalue weighted by atomic mass is 9.75. The van der Waals surface area contributed by atoms with E-state index in [1.807, 2.05) is 0 Å². The van der Waals surface area contributed by atoms with E-state index in [1.165, 1.54) is 12.1 Å². The van der Waals surface area contributed by atoms with Crippen molar-refractivity contribution in [3.05, 3.63) is 87.1 Å². The molecule has 0 saturated heterocycles. The van der Waals surface area contributed by atoms with Crippen molar-refractivity contribution in [2.45, 2.75) is 32.1 Å². The molecule has 0 spiro atoms. The van der Waals surface area contributed by atoms with Gasteiger partial charge in [-0.15, -0.1) is 0 Å². The van der Waals surface area contributed by atoms with Crippen LogP contribution in [-0.4, -0.2) is 28.3 Å². The molecule has 1 aliphatic carbocycles. The molecule has 1 atom stereocenters. The maximum Gasteiger partial charge on any atom is 0.338 e. The van der Waals surface area contributed by atoms with Gasteiger partial charge in [0.1, 0.15) is 5.82 Å². The van der Waals surface area contributed by atoms with E-state index in [-0.39, 0.29) is 29.5 Å². The molecule has 1 aromatic heterocycles. The largest absolute Gasteiger partial charge is 0.463 e. The Morgan fingerprint density at radius 3 is 2.66 bits per heavy atom. The van der Waals surface area contributed by atoms with Crippen molar-refractivity contribution in [3.63, 3.8) is 0 Å². The average molecular weight is 434 g/mol. The molecule has 9 nitrogen and oxygen atoms in total. The van der Waals surface area contributed by atoms with Crippen LogP contribution in [0.3, 0.4) is 0 Å². The van der Waals surface area contributed by atoms with Gasteiger partial charge in [-0.1, -0.05) is 6.07 Å². The minimum Gasteiger partial charge on any atom is -0.463 e. The summed E-state index contributed by atoms with van der Waals surface area (Å²) in [6.07, 6.45) is 4.81. The van der Waals surface area contributed by atoms with E-state index < -0.39 is 16.8 Å². The topological polar surface area (TPSA) is 129 Å². The third-order valence-electron chi connectivity index (χ3n) is 5.62. The highest BCUT2D eigenvalue weighted by Crippen LogP contribution is 2.46. The number of hydrogen-bond donors (Lipinski definition) is 1. The summed E-state index contributed by atoms with van der Waals surface area (Å²) in [5.74, 6) is -1.24. The molecule has 0 amide bonds. The molecule has 2 aromatic rings. The number of pyridine rings is 1. The Balaban J connectivity index is 1.95. The first-order chi connectivity index (χ1) is 15.4. The average Bonchev–Trinajstić information content (AvgIpc) is 2.79. The maximum absolute atomic E-state index is 13.2. The summed E-state index contributed by atoms with van der Waals surface area (Å²) in [5, 5.41) is 11.1. The number of carbonyl (C=O) groups is 2. The van der Waals surface area contributed by atoms with Gasteiger partial charge in [0.15, 0.2) is 5.78 Å². The second-order valence-electron chi connectivity index (χ2n) is 7.48. The van der Waals surface area contributed by atoms with Gasteiger partial charge >= 0.3 is 5.97 Å². The van der Waals surface area contributed by atoms with Crippen LogP contribution in [0.4, 0.5) is 11.4 Å². The van der Waals surface area contributed by atoms with E-state index in [9.17, 15) is 19.7 Å². The van der Waals surface area contributed by atoms with Crippen LogP contribution in [0, 0.1) is 10.1 Å². The number of non-ortho nitro benzene ring substituents is 1. The number of nitrogens with two attached hydrogens (primary N) is 1. The van der Waals surface area contributed by atoms with E-state index in [2.05, 4.69) is 4.98 Å². The number of anilines is 1. The van der Waals surface area contributed by atoms with Crippen LogP contribution < -0.4 is 10.6 Å². The number of hydrogen-bond acceptors (Lipinski definition) is 8. The van der Waals surface area contributed by atoms with Crippen LogP contribution in [0.15, 0.2) is 71.5 Å².